The van der Waals surface area contributed by atoms with Gasteiger partial charge in [-0.1, -0.05) is 107 Å². The molecule has 19 heteroatoms. The number of rotatable bonds is 20. The maximum absolute atomic E-state index is 15.1. The lowest BCUT2D eigenvalue weighted by Crippen LogP contribution is -2.70. The van der Waals surface area contributed by atoms with Gasteiger partial charge in [-0.05, 0) is 106 Å². The average molecular weight is 1150 g/mol. The quantitative estimate of drug-likeness (QED) is 0.0891. The Morgan fingerprint density at radius 1 is 0.817 bits per heavy atom. The molecule has 5 heterocycles. The summed E-state index contributed by atoms with van der Waals surface area (Å²) in [5.74, 6) is -3.69. The number of carbonyl (C=O) groups is 2. The molecule has 5 aliphatic rings. The zero-order valence-electron chi connectivity index (χ0n) is 52.1. The molecular weight excluding hydrogens is 1050 g/mol. The van der Waals surface area contributed by atoms with Crippen LogP contribution in [0.1, 0.15) is 126 Å². The molecule has 7 rings (SSSR count). The van der Waals surface area contributed by atoms with Crippen LogP contribution in [0.5, 0.6) is 0 Å². The minimum absolute atomic E-state index is 0.0194. The Morgan fingerprint density at radius 2 is 1.44 bits per heavy atom. The second kappa shape index (κ2) is 27.7. The lowest BCUT2D eigenvalue weighted by molar-refractivity contribution is -0.339. The van der Waals surface area contributed by atoms with Crippen LogP contribution < -0.4 is 0 Å². The highest BCUT2D eigenvalue weighted by atomic mass is 16.8. The van der Waals surface area contributed by atoms with E-state index in [9.17, 15) is 20.1 Å². The number of hydrogen-bond acceptors (Lipinski definition) is 19. The van der Waals surface area contributed by atoms with Crippen molar-refractivity contribution in [2.45, 2.75) is 199 Å². The number of methoxy groups -OCH3 is 1. The van der Waals surface area contributed by atoms with Crippen LogP contribution in [-0.4, -0.2) is 217 Å². The first-order valence-corrected chi connectivity index (χ1v) is 30.2. The van der Waals surface area contributed by atoms with Gasteiger partial charge in [0.2, 0.25) is 0 Å². The summed E-state index contributed by atoms with van der Waals surface area (Å²) in [6, 6.07) is 20.7. The zero-order valence-corrected chi connectivity index (χ0v) is 52.1. The summed E-state index contributed by atoms with van der Waals surface area (Å²) in [7, 11) is 7.33. The maximum Gasteiger partial charge on any atom is 0.509 e. The van der Waals surface area contributed by atoms with Crippen molar-refractivity contribution < 1.29 is 67.6 Å². The first kappa shape index (κ1) is 65.7. The topological polar surface area (TPSA) is 203 Å². The van der Waals surface area contributed by atoms with Gasteiger partial charge in [0.15, 0.2) is 24.3 Å². The second-order valence-electron chi connectivity index (χ2n) is 25.4. The lowest BCUT2D eigenvalue weighted by Gasteiger charge is -2.54. The fourth-order valence-electron chi connectivity index (χ4n) is 13.9. The summed E-state index contributed by atoms with van der Waals surface area (Å²) in [5.41, 5.74) is -3.06. The number of fused-ring (bicyclic) bond motifs is 1. The van der Waals surface area contributed by atoms with Crippen LogP contribution >= 0.6 is 0 Å². The number of nitrogens with zero attached hydrogens (tertiary/aromatic N) is 5. The van der Waals surface area contributed by atoms with Crippen molar-refractivity contribution in [1.82, 2.24) is 19.6 Å². The standard InChI is InChI=1S/C63H101N5O14/c1-17-49-62(12)56(81-59(71)82-62)41(6)51(64-75-37-45-35-68(36-45)52(46-26-22-20-23-27-46)47-28-24-21-25-29-47)39(4)33-60(10,72)55(80-58-53(69)48(65(13)14)32-40(5)76-58)42(7)54(43(8)57(70)78-49)79-50-34-61(11,74-16)63(73,44(9)77-50)38-66(15)30-31-67(18-2)19-3/h20-29,39-45,48-50,52-56,58,69,72-73H,17-19,30-38H2,1-16H3/b64-51+/t39-,40-,41+,42+,43-,44+,48+,49-,50+,53-,54+,55-,56-,58+,60+,61-,62-,63-/m1/s1. The van der Waals surface area contributed by atoms with Crippen molar-refractivity contribution in [2.24, 2.45) is 34.7 Å². The molecule has 0 unspecified atom stereocenters. The molecule has 0 aromatic heterocycles. The van der Waals surface area contributed by atoms with E-state index in [4.69, 9.17) is 47.9 Å². The number of ether oxygens (including phenoxy) is 8. The van der Waals surface area contributed by atoms with Gasteiger partial charge in [0.25, 0.3) is 0 Å². The van der Waals surface area contributed by atoms with Crippen LogP contribution in [0.4, 0.5) is 4.79 Å². The molecule has 0 amide bonds. The molecule has 3 N–H and O–H groups in total. The SMILES string of the molecule is CC[C@H]1OC(=O)[C@H](C)[C@@H](O[C@H]2C[C@@](C)(OC)[C@@](O)(CN(C)CCN(CC)CC)[C@H](C)O2)[C@H](C)[C@@H](O[C@@H]2O[C@H](C)C[C@H](N(C)C)[C@H]2O)[C@@](C)(O)C[C@@H](C)/C(=N\OCC2CN(C(c3ccccc3)c3ccccc3)C2)[C@H](C)[C@H]2OC(=O)O[C@@]21C. The number of likely N-dealkylation sites (tertiary alicyclic amines) is 1. The molecule has 0 aliphatic carbocycles. The highest BCUT2D eigenvalue weighted by Gasteiger charge is 2.61. The molecule has 462 valence electrons. The van der Waals surface area contributed by atoms with Gasteiger partial charge >= 0.3 is 12.1 Å². The smallest absolute Gasteiger partial charge is 0.458 e. The molecule has 0 radical (unpaired) electrons. The third kappa shape index (κ3) is 14.4. The third-order valence-electron chi connectivity index (χ3n) is 19.1. The van der Waals surface area contributed by atoms with Crippen molar-refractivity contribution in [3.8, 4) is 0 Å². The van der Waals surface area contributed by atoms with Gasteiger partial charge in [-0.15, -0.1) is 0 Å². The number of esters is 1. The zero-order chi connectivity index (χ0) is 60.1. The Balaban J connectivity index is 1.24. The molecule has 5 fully saturated rings. The van der Waals surface area contributed by atoms with Crippen molar-refractivity contribution in [2.75, 3.05) is 80.7 Å². The fraction of sp³-hybridized carbons (Fsp3) is 0.762. The number of aliphatic hydroxyl groups excluding tert-OH is 1. The molecule has 18 atom stereocenters. The number of cyclic esters (lactones) is 1. The number of benzene rings is 2. The van der Waals surface area contributed by atoms with E-state index < -0.39 is 107 Å². The molecule has 82 heavy (non-hydrogen) atoms. The van der Waals surface area contributed by atoms with Gasteiger partial charge in [-0.2, -0.15) is 0 Å². The molecule has 0 bridgehead atoms. The van der Waals surface area contributed by atoms with E-state index in [1.807, 2.05) is 79.7 Å². The van der Waals surface area contributed by atoms with Crippen LogP contribution in [0.15, 0.2) is 65.8 Å². The maximum atomic E-state index is 15.1. The van der Waals surface area contributed by atoms with Gasteiger partial charge in [0.1, 0.15) is 30.0 Å². The van der Waals surface area contributed by atoms with Gasteiger partial charge in [0, 0.05) is 76.0 Å². The highest BCUT2D eigenvalue weighted by molar-refractivity contribution is 5.89. The Labute approximate surface area is 489 Å². The Hall–Kier alpha value is -3.83. The summed E-state index contributed by atoms with van der Waals surface area (Å²) in [6.45, 7) is 27.9. The number of carbonyl (C=O) groups excluding carboxylic acids is 2. The van der Waals surface area contributed by atoms with Crippen LogP contribution in [0.3, 0.4) is 0 Å². The lowest BCUT2D eigenvalue weighted by atomic mass is 9.73. The molecule has 2 aromatic carbocycles. The second-order valence-corrected chi connectivity index (χ2v) is 25.4. The van der Waals surface area contributed by atoms with Crippen molar-refractivity contribution in [3.05, 3.63) is 71.8 Å². The van der Waals surface area contributed by atoms with Crippen LogP contribution in [0, 0.1) is 29.6 Å². The Bertz CT molecular complexity index is 2340. The van der Waals surface area contributed by atoms with E-state index in [0.29, 0.717) is 25.3 Å². The predicted octanol–water partition coefficient (Wildman–Crippen LogP) is 7.14. The van der Waals surface area contributed by atoms with E-state index >= 15 is 4.79 Å². The Kier molecular flexibility index (Phi) is 22.2. The van der Waals surface area contributed by atoms with Crippen LogP contribution in [0.25, 0.3) is 0 Å². The minimum atomic E-state index is -1.78. The number of hydrogen-bond donors (Lipinski definition) is 3. The van der Waals surface area contributed by atoms with E-state index in [2.05, 4.69) is 77.1 Å². The van der Waals surface area contributed by atoms with Gasteiger partial charge < -0.3 is 72.8 Å². The molecule has 0 saturated carbocycles. The third-order valence-corrected chi connectivity index (χ3v) is 19.1. The molecule has 5 aliphatic heterocycles. The average Bonchev–Trinajstić information content (AvgIpc) is 3.91. The van der Waals surface area contributed by atoms with Gasteiger partial charge in [-0.25, -0.2) is 4.79 Å². The summed E-state index contributed by atoms with van der Waals surface area (Å²) in [5, 5.41) is 43.0. The van der Waals surface area contributed by atoms with E-state index in [0.717, 1.165) is 32.7 Å². The molecule has 19 nitrogen and oxygen atoms in total. The molecular formula is C63H101N5O14. The summed E-state index contributed by atoms with van der Waals surface area (Å²) in [4.78, 5) is 43.7. The molecule has 0 spiro atoms. The first-order chi connectivity index (χ1) is 38.7. The normalized spacial score (nSPS) is 38.7. The van der Waals surface area contributed by atoms with Gasteiger partial charge in [-0.3, -0.25) is 9.69 Å². The monoisotopic (exact) mass is 1150 g/mol. The molecule has 2 aromatic rings. The van der Waals surface area contributed by atoms with Crippen LogP contribution in [-0.2, 0) is 47.5 Å². The number of likely N-dealkylation sites (N-methyl/N-ethyl adjacent to an activating group) is 3. The van der Waals surface area contributed by atoms with Crippen molar-refractivity contribution in [3.63, 3.8) is 0 Å². The van der Waals surface area contributed by atoms with E-state index in [1.165, 1.54) is 11.1 Å². The van der Waals surface area contributed by atoms with Gasteiger partial charge in [0.05, 0.1) is 47.7 Å². The van der Waals surface area contributed by atoms with Crippen molar-refractivity contribution in [1.29, 1.82) is 0 Å². The summed E-state index contributed by atoms with van der Waals surface area (Å²) < 4.78 is 52.2. The van der Waals surface area contributed by atoms with Crippen LogP contribution in [0.2, 0.25) is 0 Å². The van der Waals surface area contributed by atoms with Crippen molar-refractivity contribution >= 4 is 17.8 Å². The first-order valence-electron chi connectivity index (χ1n) is 30.2. The predicted molar refractivity (Wildman–Crippen MR) is 312 cm³/mol. The minimum Gasteiger partial charge on any atom is -0.458 e. The van der Waals surface area contributed by atoms with E-state index in [1.54, 1.807) is 34.8 Å². The number of oxime groups is 1. The summed E-state index contributed by atoms with van der Waals surface area (Å²) in [6.07, 6.45) is -8.88. The Morgan fingerprint density at radius 3 is 2.01 bits per heavy atom. The molecule has 5 saturated heterocycles. The largest absolute Gasteiger partial charge is 0.509 e. The fourth-order valence-corrected chi connectivity index (χ4v) is 13.9. The number of aliphatic hydroxyl groups is 3. The highest BCUT2D eigenvalue weighted by Crippen LogP contribution is 2.46. The van der Waals surface area contributed by atoms with E-state index in [-0.39, 0.29) is 49.9 Å². The summed E-state index contributed by atoms with van der Waals surface area (Å²) >= 11 is 0.